The normalized spacial score (nSPS) is 10.2. The van der Waals surface area contributed by atoms with E-state index in [9.17, 15) is 14.7 Å². The van der Waals surface area contributed by atoms with Crippen molar-refractivity contribution in [1.29, 1.82) is 0 Å². The van der Waals surface area contributed by atoms with Gasteiger partial charge >= 0.3 is 0 Å². The highest BCUT2D eigenvalue weighted by Crippen LogP contribution is 2.17. The van der Waals surface area contributed by atoms with Crippen LogP contribution in [0.1, 0.15) is 27.1 Å². The second-order valence-electron chi connectivity index (χ2n) is 4.91. The number of hydrogen-bond acceptors (Lipinski definition) is 4. The van der Waals surface area contributed by atoms with Gasteiger partial charge < -0.3 is 15.7 Å². The van der Waals surface area contributed by atoms with Gasteiger partial charge in [-0.1, -0.05) is 17.7 Å². The Kier molecular flexibility index (Phi) is 6.57. The molecule has 8 heteroatoms. The molecule has 6 nitrogen and oxygen atoms in total. The van der Waals surface area contributed by atoms with Gasteiger partial charge in [-0.25, -0.2) is 4.98 Å². The quantitative estimate of drug-likeness (QED) is 0.502. The zero-order valence-electron chi connectivity index (χ0n) is 12.6. The molecule has 0 aliphatic rings. The van der Waals surface area contributed by atoms with Crippen molar-refractivity contribution in [2.75, 3.05) is 13.1 Å². The summed E-state index contributed by atoms with van der Waals surface area (Å²) in [5.74, 6) is -0.570. The van der Waals surface area contributed by atoms with Gasteiger partial charge in [-0.2, -0.15) is 0 Å². The topological polar surface area (TPSA) is 91.3 Å². The SMILES string of the molecule is O=C(NCCCNC(=O)c1cc(Br)cnc1Cl)c1cccc(O)c1. The second-order valence-corrected chi connectivity index (χ2v) is 6.18. The van der Waals surface area contributed by atoms with E-state index in [1.165, 1.54) is 18.3 Å². The fourth-order valence-corrected chi connectivity index (χ4v) is 2.44. The van der Waals surface area contributed by atoms with E-state index in [4.69, 9.17) is 11.6 Å². The monoisotopic (exact) mass is 411 g/mol. The summed E-state index contributed by atoms with van der Waals surface area (Å²) in [5, 5.41) is 14.9. The van der Waals surface area contributed by atoms with Crippen molar-refractivity contribution in [2.45, 2.75) is 6.42 Å². The van der Waals surface area contributed by atoms with Crippen LogP contribution in [0.5, 0.6) is 5.75 Å². The first-order valence-corrected chi connectivity index (χ1v) is 8.31. The van der Waals surface area contributed by atoms with Gasteiger partial charge in [0.2, 0.25) is 0 Å². The maximum absolute atomic E-state index is 12.0. The van der Waals surface area contributed by atoms with Crippen LogP contribution in [0, 0.1) is 0 Å². The fourth-order valence-electron chi connectivity index (χ4n) is 1.92. The minimum atomic E-state index is -0.326. The molecule has 24 heavy (non-hydrogen) atoms. The maximum atomic E-state index is 12.0. The molecule has 0 unspecified atom stereocenters. The number of phenolic OH excluding ortho intramolecular Hbond substituents is 1. The van der Waals surface area contributed by atoms with Crippen LogP contribution in [-0.2, 0) is 0 Å². The highest BCUT2D eigenvalue weighted by atomic mass is 79.9. The molecule has 0 fully saturated rings. The highest BCUT2D eigenvalue weighted by molar-refractivity contribution is 9.10. The Balaban J connectivity index is 1.74. The summed E-state index contributed by atoms with van der Waals surface area (Å²) in [7, 11) is 0. The Labute approximate surface area is 152 Å². The number of carbonyl (C=O) groups excluding carboxylic acids is 2. The van der Waals surface area contributed by atoms with Crippen LogP contribution in [0.2, 0.25) is 5.15 Å². The molecule has 1 aromatic carbocycles. The molecular formula is C16H15BrClN3O3. The van der Waals surface area contributed by atoms with Gasteiger partial charge in [0.1, 0.15) is 10.9 Å². The van der Waals surface area contributed by atoms with Crippen LogP contribution >= 0.6 is 27.5 Å². The molecule has 3 N–H and O–H groups in total. The fraction of sp³-hybridized carbons (Fsp3) is 0.188. The van der Waals surface area contributed by atoms with Gasteiger partial charge in [0.05, 0.1) is 5.56 Å². The summed E-state index contributed by atoms with van der Waals surface area (Å²) in [5.41, 5.74) is 0.667. The molecule has 0 atom stereocenters. The molecular weight excluding hydrogens is 398 g/mol. The number of carbonyl (C=O) groups is 2. The third-order valence-corrected chi connectivity index (χ3v) is 3.82. The predicted molar refractivity (Wildman–Crippen MR) is 94.3 cm³/mol. The zero-order chi connectivity index (χ0) is 17.5. The maximum Gasteiger partial charge on any atom is 0.254 e. The smallest absolute Gasteiger partial charge is 0.254 e. The van der Waals surface area contributed by atoms with E-state index in [1.807, 2.05) is 0 Å². The molecule has 0 saturated heterocycles. The number of aromatic nitrogens is 1. The minimum absolute atomic E-state index is 0.0365. The largest absolute Gasteiger partial charge is 0.508 e. The number of aromatic hydroxyl groups is 1. The number of hydrogen-bond donors (Lipinski definition) is 3. The summed E-state index contributed by atoms with van der Waals surface area (Å²) in [6, 6.07) is 7.68. The average Bonchev–Trinajstić information content (AvgIpc) is 2.56. The van der Waals surface area contributed by atoms with Crippen LogP contribution < -0.4 is 10.6 Å². The Morgan fingerprint density at radius 1 is 1.17 bits per heavy atom. The summed E-state index contributed by atoms with van der Waals surface area (Å²) in [6.07, 6.45) is 2.06. The molecule has 0 spiro atoms. The van der Waals surface area contributed by atoms with Crippen molar-refractivity contribution in [3.63, 3.8) is 0 Å². The molecule has 0 saturated carbocycles. The standard InChI is InChI=1S/C16H15BrClN3O3/c17-11-8-13(14(18)21-9-11)16(24)20-6-2-5-19-15(23)10-3-1-4-12(22)7-10/h1,3-4,7-9,22H,2,5-6H2,(H,19,23)(H,20,24). The van der Waals surface area contributed by atoms with Crippen LogP contribution in [0.4, 0.5) is 0 Å². The first-order chi connectivity index (χ1) is 11.5. The van der Waals surface area contributed by atoms with E-state index < -0.39 is 0 Å². The minimum Gasteiger partial charge on any atom is -0.508 e. The Hall–Kier alpha value is -2.12. The van der Waals surface area contributed by atoms with E-state index in [1.54, 1.807) is 18.2 Å². The summed E-state index contributed by atoms with van der Waals surface area (Å²) in [4.78, 5) is 27.7. The predicted octanol–water partition coefficient (Wildman–Crippen LogP) is 2.75. The van der Waals surface area contributed by atoms with Crippen molar-refractivity contribution in [2.24, 2.45) is 0 Å². The van der Waals surface area contributed by atoms with Gasteiger partial charge in [0, 0.05) is 29.3 Å². The second kappa shape index (κ2) is 8.65. The Bertz CT molecular complexity index is 755. The molecule has 0 bridgehead atoms. The molecule has 126 valence electrons. The number of amides is 2. The number of rotatable bonds is 6. The third-order valence-electron chi connectivity index (χ3n) is 3.08. The first kappa shape index (κ1) is 18.2. The van der Waals surface area contributed by atoms with E-state index in [0.29, 0.717) is 29.5 Å². The highest BCUT2D eigenvalue weighted by Gasteiger charge is 2.11. The number of halogens is 2. The number of phenols is 1. The molecule has 2 rings (SSSR count). The van der Waals surface area contributed by atoms with Gasteiger partial charge in [-0.3, -0.25) is 9.59 Å². The van der Waals surface area contributed by atoms with Crippen molar-refractivity contribution < 1.29 is 14.7 Å². The van der Waals surface area contributed by atoms with Crippen molar-refractivity contribution >= 4 is 39.3 Å². The first-order valence-electron chi connectivity index (χ1n) is 7.14. The Morgan fingerprint density at radius 3 is 2.58 bits per heavy atom. The molecule has 1 aromatic heterocycles. The molecule has 1 heterocycles. The van der Waals surface area contributed by atoms with Gasteiger partial charge in [-0.05, 0) is 46.6 Å². The van der Waals surface area contributed by atoms with Crippen LogP contribution in [0.15, 0.2) is 41.0 Å². The number of nitrogens with zero attached hydrogens (tertiary/aromatic N) is 1. The van der Waals surface area contributed by atoms with E-state index in [0.717, 1.165) is 0 Å². The summed E-state index contributed by atoms with van der Waals surface area (Å²) >= 11 is 9.12. The van der Waals surface area contributed by atoms with Gasteiger partial charge in [-0.15, -0.1) is 0 Å². The van der Waals surface area contributed by atoms with Crippen molar-refractivity contribution in [3.05, 3.63) is 57.3 Å². The molecule has 0 aliphatic carbocycles. The van der Waals surface area contributed by atoms with Gasteiger partial charge in [0.15, 0.2) is 0 Å². The van der Waals surface area contributed by atoms with E-state index in [-0.39, 0.29) is 28.3 Å². The van der Waals surface area contributed by atoms with Crippen LogP contribution in [0.25, 0.3) is 0 Å². The Morgan fingerprint density at radius 2 is 1.88 bits per heavy atom. The molecule has 0 aliphatic heterocycles. The molecule has 2 amide bonds. The van der Waals surface area contributed by atoms with E-state index in [2.05, 4.69) is 31.5 Å². The van der Waals surface area contributed by atoms with Crippen molar-refractivity contribution in [3.8, 4) is 5.75 Å². The average molecular weight is 413 g/mol. The lowest BCUT2D eigenvalue weighted by Crippen LogP contribution is -2.30. The number of pyridine rings is 1. The summed E-state index contributed by atoms with van der Waals surface area (Å²) in [6.45, 7) is 0.765. The molecule has 2 aromatic rings. The lowest BCUT2D eigenvalue weighted by atomic mass is 10.2. The van der Waals surface area contributed by atoms with E-state index >= 15 is 0 Å². The number of nitrogens with one attached hydrogen (secondary N) is 2. The van der Waals surface area contributed by atoms with Crippen molar-refractivity contribution in [1.82, 2.24) is 15.6 Å². The lowest BCUT2D eigenvalue weighted by Gasteiger charge is -2.08. The molecule has 0 radical (unpaired) electrons. The number of benzene rings is 1. The van der Waals surface area contributed by atoms with Gasteiger partial charge in [0.25, 0.3) is 11.8 Å². The summed E-state index contributed by atoms with van der Waals surface area (Å²) < 4.78 is 0.662. The zero-order valence-corrected chi connectivity index (χ0v) is 14.9. The lowest BCUT2D eigenvalue weighted by molar-refractivity contribution is 0.0951. The van der Waals surface area contributed by atoms with Crippen LogP contribution in [-0.4, -0.2) is 35.0 Å². The third kappa shape index (κ3) is 5.21. The van der Waals surface area contributed by atoms with Crippen LogP contribution in [0.3, 0.4) is 0 Å².